The predicted molar refractivity (Wildman–Crippen MR) is 45.7 cm³/mol. The van der Waals surface area contributed by atoms with Gasteiger partial charge in [0.1, 0.15) is 0 Å². The Kier molecular flexibility index (Phi) is 1.67. The van der Waals surface area contributed by atoms with Gasteiger partial charge in [-0.1, -0.05) is 0 Å². The first kappa shape index (κ1) is 7.69. The average Bonchev–Trinajstić information content (AvgIpc) is 2.63. The van der Waals surface area contributed by atoms with E-state index in [1.165, 1.54) is 0 Å². The van der Waals surface area contributed by atoms with Crippen LogP contribution in [0.1, 0.15) is 10.4 Å². The summed E-state index contributed by atoms with van der Waals surface area (Å²) in [6, 6.07) is 4.88. The highest BCUT2D eigenvalue weighted by molar-refractivity contribution is 6.08. The van der Waals surface area contributed by atoms with Crippen molar-refractivity contribution in [3.05, 3.63) is 23.8 Å². The number of fused-ring (bicyclic) bond motifs is 1. The number of benzene rings is 1. The van der Waals surface area contributed by atoms with E-state index >= 15 is 0 Å². The van der Waals surface area contributed by atoms with Crippen molar-refractivity contribution in [3.8, 4) is 23.8 Å². The predicted octanol–water partition coefficient (Wildman–Crippen LogP) is 1.23. The molecule has 0 radical (unpaired) electrons. The van der Waals surface area contributed by atoms with E-state index in [-0.39, 0.29) is 12.6 Å². The van der Waals surface area contributed by atoms with Gasteiger partial charge in [0.05, 0.1) is 0 Å². The van der Waals surface area contributed by atoms with Gasteiger partial charge in [0.2, 0.25) is 12.6 Å². The summed E-state index contributed by atoms with van der Waals surface area (Å²) in [5.41, 5.74) is 0.451. The lowest BCUT2D eigenvalue weighted by Gasteiger charge is -1.96. The molecule has 0 bridgehead atoms. The van der Waals surface area contributed by atoms with Crippen molar-refractivity contribution in [2.45, 2.75) is 0 Å². The lowest BCUT2D eigenvalue weighted by molar-refractivity contribution is 0.105. The van der Waals surface area contributed by atoms with E-state index in [1.54, 1.807) is 18.2 Å². The van der Waals surface area contributed by atoms with E-state index in [9.17, 15) is 4.79 Å². The summed E-state index contributed by atoms with van der Waals surface area (Å²) < 4.78 is 10.2. The zero-order valence-electron chi connectivity index (χ0n) is 6.74. The second kappa shape index (κ2) is 2.83. The van der Waals surface area contributed by atoms with E-state index in [1.807, 2.05) is 5.92 Å². The largest absolute Gasteiger partial charge is 0.454 e. The van der Waals surface area contributed by atoms with Crippen LogP contribution in [-0.2, 0) is 0 Å². The van der Waals surface area contributed by atoms with Crippen LogP contribution in [0.15, 0.2) is 18.2 Å². The summed E-state index contributed by atoms with van der Waals surface area (Å²) in [6.07, 6.45) is 4.98. The monoisotopic (exact) mass is 174 g/mol. The third-order valence-electron chi connectivity index (χ3n) is 1.77. The third kappa shape index (κ3) is 1.23. The fraction of sp³-hybridized carbons (Fsp3) is 0.100. The lowest BCUT2D eigenvalue weighted by atomic mass is 10.1. The van der Waals surface area contributed by atoms with Gasteiger partial charge in [-0.3, -0.25) is 4.79 Å². The highest BCUT2D eigenvalue weighted by Gasteiger charge is 2.14. The van der Waals surface area contributed by atoms with Gasteiger partial charge >= 0.3 is 0 Å². The molecule has 0 fully saturated rings. The molecular formula is C10H6O3. The molecule has 1 aliphatic heterocycles. The van der Waals surface area contributed by atoms with Crippen LogP contribution in [-0.4, -0.2) is 12.6 Å². The summed E-state index contributed by atoms with van der Waals surface area (Å²) >= 11 is 0. The molecule has 0 spiro atoms. The minimum atomic E-state index is -0.349. The van der Waals surface area contributed by atoms with Gasteiger partial charge in [-0.2, -0.15) is 0 Å². The Balaban J connectivity index is 2.43. The topological polar surface area (TPSA) is 35.5 Å². The second-order valence-electron chi connectivity index (χ2n) is 2.54. The van der Waals surface area contributed by atoms with Gasteiger partial charge in [0.25, 0.3) is 0 Å². The highest BCUT2D eigenvalue weighted by Crippen LogP contribution is 2.32. The number of carbonyl (C=O) groups is 1. The minimum Gasteiger partial charge on any atom is -0.454 e. The first-order valence-corrected chi connectivity index (χ1v) is 3.72. The Morgan fingerprint density at radius 1 is 1.38 bits per heavy atom. The molecule has 1 aliphatic rings. The number of rotatable bonds is 1. The van der Waals surface area contributed by atoms with Crippen LogP contribution in [0.4, 0.5) is 0 Å². The Hall–Kier alpha value is -1.95. The highest BCUT2D eigenvalue weighted by atomic mass is 16.7. The van der Waals surface area contributed by atoms with Crippen molar-refractivity contribution < 1.29 is 14.3 Å². The summed E-state index contributed by atoms with van der Waals surface area (Å²) in [5, 5.41) is 0. The van der Waals surface area contributed by atoms with Crippen molar-refractivity contribution >= 4 is 5.78 Å². The molecule has 0 atom stereocenters. The Labute approximate surface area is 75.3 Å². The van der Waals surface area contributed by atoms with E-state index in [4.69, 9.17) is 15.9 Å². The molecule has 0 unspecified atom stereocenters. The molecule has 1 aromatic rings. The lowest BCUT2D eigenvalue weighted by Crippen LogP contribution is -1.94. The number of hydrogen-bond acceptors (Lipinski definition) is 3. The standard InChI is InChI=1S/C10H6O3/c1-2-8(11)7-3-4-9-10(5-7)13-6-12-9/h1,3-5H,6H2. The van der Waals surface area contributed by atoms with E-state index in [0.29, 0.717) is 17.1 Å². The van der Waals surface area contributed by atoms with Crippen LogP contribution in [0.2, 0.25) is 0 Å². The fourth-order valence-corrected chi connectivity index (χ4v) is 1.12. The first-order valence-electron chi connectivity index (χ1n) is 3.72. The molecule has 0 aliphatic carbocycles. The molecule has 1 heterocycles. The number of ketones is 1. The number of Topliss-reactive ketones (excluding diaryl/α,β-unsaturated/α-hetero) is 1. The van der Waals surface area contributed by atoms with Crippen LogP contribution < -0.4 is 9.47 Å². The van der Waals surface area contributed by atoms with E-state index < -0.39 is 0 Å². The molecule has 3 nitrogen and oxygen atoms in total. The van der Waals surface area contributed by atoms with Gasteiger partial charge in [0.15, 0.2) is 11.5 Å². The van der Waals surface area contributed by atoms with Gasteiger partial charge in [0, 0.05) is 5.56 Å². The van der Waals surface area contributed by atoms with Gasteiger partial charge in [-0.15, -0.1) is 6.42 Å². The zero-order valence-corrected chi connectivity index (χ0v) is 6.74. The molecule has 0 amide bonds. The molecule has 2 rings (SSSR count). The number of ether oxygens (including phenoxy) is 2. The minimum absolute atomic E-state index is 0.197. The smallest absolute Gasteiger partial charge is 0.235 e. The van der Waals surface area contributed by atoms with Crippen LogP contribution in [0, 0.1) is 12.3 Å². The summed E-state index contributed by atoms with van der Waals surface area (Å²) in [6.45, 7) is 0.197. The maximum Gasteiger partial charge on any atom is 0.235 e. The molecule has 13 heavy (non-hydrogen) atoms. The normalized spacial score (nSPS) is 12.2. The van der Waals surface area contributed by atoms with Crippen LogP contribution in [0.25, 0.3) is 0 Å². The van der Waals surface area contributed by atoms with E-state index in [2.05, 4.69) is 0 Å². The molecule has 64 valence electrons. The van der Waals surface area contributed by atoms with Crippen LogP contribution in [0.5, 0.6) is 11.5 Å². The average molecular weight is 174 g/mol. The van der Waals surface area contributed by atoms with Gasteiger partial charge < -0.3 is 9.47 Å². The summed E-state index contributed by atoms with van der Waals surface area (Å²) in [5.74, 6) is 2.91. The van der Waals surface area contributed by atoms with Crippen LogP contribution >= 0.6 is 0 Å². The van der Waals surface area contributed by atoms with Gasteiger partial charge in [-0.05, 0) is 24.1 Å². The molecule has 3 heteroatoms. The maximum absolute atomic E-state index is 11.1. The quantitative estimate of drug-likeness (QED) is 0.365. The third-order valence-corrected chi connectivity index (χ3v) is 1.77. The number of carbonyl (C=O) groups excluding carboxylic acids is 1. The molecule has 0 N–H and O–H groups in total. The second-order valence-corrected chi connectivity index (χ2v) is 2.54. The molecule has 0 saturated carbocycles. The van der Waals surface area contributed by atoms with Crippen LogP contribution in [0.3, 0.4) is 0 Å². The molecular weight excluding hydrogens is 168 g/mol. The van der Waals surface area contributed by atoms with Crippen molar-refractivity contribution in [3.63, 3.8) is 0 Å². The molecule has 0 aromatic heterocycles. The Morgan fingerprint density at radius 3 is 2.92 bits per heavy atom. The van der Waals surface area contributed by atoms with Crippen molar-refractivity contribution in [2.24, 2.45) is 0 Å². The Morgan fingerprint density at radius 2 is 2.15 bits per heavy atom. The van der Waals surface area contributed by atoms with Crippen molar-refractivity contribution in [1.82, 2.24) is 0 Å². The number of hydrogen-bond donors (Lipinski definition) is 0. The number of terminal acetylenes is 1. The van der Waals surface area contributed by atoms with E-state index in [0.717, 1.165) is 0 Å². The maximum atomic E-state index is 11.1. The Bertz CT molecular complexity index is 401. The molecule has 0 saturated heterocycles. The zero-order chi connectivity index (χ0) is 9.26. The summed E-state index contributed by atoms with van der Waals surface area (Å²) in [4.78, 5) is 11.1. The van der Waals surface area contributed by atoms with Gasteiger partial charge in [-0.25, -0.2) is 0 Å². The molecule has 1 aromatic carbocycles. The van der Waals surface area contributed by atoms with Crippen molar-refractivity contribution in [2.75, 3.05) is 6.79 Å². The first-order chi connectivity index (χ1) is 6.31. The fourth-order valence-electron chi connectivity index (χ4n) is 1.12. The summed E-state index contributed by atoms with van der Waals surface area (Å²) in [7, 11) is 0. The SMILES string of the molecule is C#CC(=O)c1ccc2c(c1)OCO2. The van der Waals surface area contributed by atoms with Crippen molar-refractivity contribution in [1.29, 1.82) is 0 Å².